The number of hydrogen-bond donors (Lipinski definition) is 0. The number of benzene rings is 3. The lowest BCUT2D eigenvalue weighted by atomic mass is 9.76. The second-order valence-electron chi connectivity index (χ2n) is 5.73. The summed E-state index contributed by atoms with van der Waals surface area (Å²) in [6, 6.07) is 22.9. The smallest absolute Gasteiger partial charge is 0.211 e. The van der Waals surface area contributed by atoms with E-state index >= 15 is 0 Å². The first-order chi connectivity index (χ1) is 13.8. The van der Waals surface area contributed by atoms with Crippen molar-refractivity contribution in [3.05, 3.63) is 95.6 Å². The molecule has 0 aliphatic heterocycles. The van der Waals surface area contributed by atoms with Crippen LogP contribution in [0.2, 0.25) is 0 Å². The zero-order valence-electron chi connectivity index (χ0n) is 14.6. The van der Waals surface area contributed by atoms with Gasteiger partial charge in [0.15, 0.2) is 5.54 Å². The van der Waals surface area contributed by atoms with E-state index in [0.29, 0.717) is 16.7 Å². The minimum Gasteiger partial charge on any atom is -0.211 e. The molecule has 3 aromatic rings. The van der Waals surface area contributed by atoms with Gasteiger partial charge in [-0.1, -0.05) is 72.8 Å². The molecule has 0 fully saturated rings. The summed E-state index contributed by atoms with van der Waals surface area (Å²) in [5.41, 5.74) is 0.529. The second-order valence-corrected chi connectivity index (χ2v) is 5.73. The third-order valence-electron chi connectivity index (χ3n) is 4.32. The van der Waals surface area contributed by atoms with E-state index in [1.54, 1.807) is 42.5 Å². The molecule has 0 atom stereocenters. The molecule has 0 spiro atoms. The molecule has 0 radical (unpaired) electrons. The number of nitrogens with zero attached hydrogens (tertiary/aromatic N) is 3. The first kappa shape index (κ1) is 18.6. The van der Waals surface area contributed by atoms with Crippen LogP contribution in [-0.4, -0.2) is 18.2 Å². The Morgan fingerprint density at radius 2 is 1.18 bits per heavy atom. The largest absolute Gasteiger partial charge is 0.240 e. The van der Waals surface area contributed by atoms with Crippen LogP contribution >= 0.6 is 0 Å². The molecule has 0 N–H and O–H groups in total. The van der Waals surface area contributed by atoms with Gasteiger partial charge in [-0.25, -0.2) is 14.4 Å². The van der Waals surface area contributed by atoms with Gasteiger partial charge in [-0.15, -0.1) is 0 Å². The Bertz CT molecular complexity index is 1080. The molecule has 0 aromatic heterocycles. The lowest BCUT2D eigenvalue weighted by molar-refractivity contribution is 0.550. The van der Waals surface area contributed by atoms with Gasteiger partial charge in [0.2, 0.25) is 18.2 Å². The molecule has 3 rings (SSSR count). The van der Waals surface area contributed by atoms with Gasteiger partial charge in [0.1, 0.15) is 11.4 Å². The summed E-state index contributed by atoms with van der Waals surface area (Å²) in [6.07, 6.45) is 4.59. The fourth-order valence-electron chi connectivity index (χ4n) is 3.22. The highest BCUT2D eigenvalue weighted by atomic mass is 16.1. The van der Waals surface area contributed by atoms with Crippen molar-refractivity contribution >= 4 is 29.6 Å². The maximum absolute atomic E-state index is 11.5. The molecule has 6 heteroatoms. The van der Waals surface area contributed by atoms with Crippen LogP contribution in [0.4, 0.5) is 11.4 Å². The van der Waals surface area contributed by atoms with Gasteiger partial charge >= 0.3 is 0 Å². The third kappa shape index (κ3) is 3.26. The van der Waals surface area contributed by atoms with Crippen molar-refractivity contribution in [1.29, 1.82) is 0 Å². The molecule has 6 nitrogen and oxygen atoms in total. The van der Waals surface area contributed by atoms with Crippen molar-refractivity contribution in [1.82, 2.24) is 0 Å². The Balaban J connectivity index is 2.52. The van der Waals surface area contributed by atoms with E-state index < -0.39 is 5.54 Å². The lowest BCUT2D eigenvalue weighted by Gasteiger charge is -2.31. The van der Waals surface area contributed by atoms with Gasteiger partial charge in [0.25, 0.3) is 0 Å². The third-order valence-corrected chi connectivity index (χ3v) is 4.32. The van der Waals surface area contributed by atoms with Gasteiger partial charge in [0, 0.05) is 5.56 Å². The number of aliphatic imine (C=N–C) groups is 3. The van der Waals surface area contributed by atoms with E-state index in [1.165, 1.54) is 18.2 Å². The van der Waals surface area contributed by atoms with Gasteiger partial charge in [-0.2, -0.15) is 15.0 Å². The molecule has 0 aliphatic rings. The highest BCUT2D eigenvalue weighted by molar-refractivity contribution is 5.75. The van der Waals surface area contributed by atoms with Crippen LogP contribution in [0.1, 0.15) is 16.7 Å². The fraction of sp³-hybridized carbons (Fsp3) is 0.0455. The van der Waals surface area contributed by atoms with E-state index in [-0.39, 0.29) is 11.4 Å². The van der Waals surface area contributed by atoms with Crippen LogP contribution in [0.5, 0.6) is 0 Å². The van der Waals surface area contributed by atoms with E-state index in [1.807, 2.05) is 36.4 Å². The standard InChI is InChI=1S/C22H13N3O3/c26-14-23-20-13-7-12-19(21(20)24-15-27)22(25-16-28,17-8-3-1-4-9-17)18-10-5-2-6-11-18/h1-13H. The van der Waals surface area contributed by atoms with Gasteiger partial charge < -0.3 is 0 Å². The molecule has 0 heterocycles. The molecular weight excluding hydrogens is 354 g/mol. The topological polar surface area (TPSA) is 88.3 Å². The van der Waals surface area contributed by atoms with Crippen LogP contribution in [-0.2, 0) is 19.9 Å². The Morgan fingerprint density at radius 1 is 0.607 bits per heavy atom. The van der Waals surface area contributed by atoms with Crippen molar-refractivity contribution in [3.8, 4) is 0 Å². The Morgan fingerprint density at radius 3 is 1.68 bits per heavy atom. The summed E-state index contributed by atoms with van der Waals surface area (Å²) in [7, 11) is 0. The van der Waals surface area contributed by atoms with Gasteiger partial charge in [-0.05, 0) is 17.2 Å². The van der Waals surface area contributed by atoms with E-state index in [4.69, 9.17) is 0 Å². The number of carbonyl (C=O) groups excluding carboxylic acids is 3. The molecule has 134 valence electrons. The average Bonchev–Trinajstić information content (AvgIpc) is 2.75. The summed E-state index contributed by atoms with van der Waals surface area (Å²) in [5, 5.41) is 0. The SMILES string of the molecule is O=C=Nc1cccc(C(N=C=O)(c2ccccc2)c2ccccc2)c1N=C=O. The highest BCUT2D eigenvalue weighted by Crippen LogP contribution is 2.47. The van der Waals surface area contributed by atoms with Crippen LogP contribution in [0.25, 0.3) is 0 Å². The molecule has 0 amide bonds. The summed E-state index contributed by atoms with van der Waals surface area (Å²) in [4.78, 5) is 45.0. The maximum atomic E-state index is 11.5. The minimum absolute atomic E-state index is 0.0764. The highest BCUT2D eigenvalue weighted by Gasteiger charge is 2.39. The van der Waals surface area contributed by atoms with E-state index in [2.05, 4.69) is 15.0 Å². The van der Waals surface area contributed by atoms with Gasteiger partial charge in [-0.3, -0.25) is 0 Å². The zero-order chi connectivity index (χ0) is 19.8. The summed E-state index contributed by atoms with van der Waals surface area (Å²) in [6.45, 7) is 0. The zero-order valence-corrected chi connectivity index (χ0v) is 14.6. The monoisotopic (exact) mass is 367 g/mol. The van der Waals surface area contributed by atoms with Crippen LogP contribution in [0.3, 0.4) is 0 Å². The number of rotatable bonds is 6. The molecule has 0 saturated carbocycles. The van der Waals surface area contributed by atoms with Crippen molar-refractivity contribution in [2.75, 3.05) is 0 Å². The number of isocyanates is 3. The van der Waals surface area contributed by atoms with E-state index in [9.17, 15) is 14.4 Å². The van der Waals surface area contributed by atoms with Crippen molar-refractivity contribution < 1.29 is 14.4 Å². The molecule has 28 heavy (non-hydrogen) atoms. The van der Waals surface area contributed by atoms with Crippen LogP contribution in [0, 0.1) is 0 Å². The number of para-hydroxylation sites is 1. The summed E-state index contributed by atoms with van der Waals surface area (Å²) < 4.78 is 0. The molecule has 0 saturated heterocycles. The minimum atomic E-state index is -1.35. The van der Waals surface area contributed by atoms with E-state index in [0.717, 1.165) is 0 Å². The normalized spacial score (nSPS) is 10.1. The Labute approximate surface area is 160 Å². The van der Waals surface area contributed by atoms with Crippen molar-refractivity contribution in [2.45, 2.75) is 5.54 Å². The maximum Gasteiger partial charge on any atom is 0.240 e. The molecular formula is C22H13N3O3. The predicted molar refractivity (Wildman–Crippen MR) is 103 cm³/mol. The molecule has 0 aliphatic carbocycles. The number of hydrogen-bond acceptors (Lipinski definition) is 6. The summed E-state index contributed by atoms with van der Waals surface area (Å²) >= 11 is 0. The second kappa shape index (κ2) is 8.45. The van der Waals surface area contributed by atoms with Crippen LogP contribution in [0.15, 0.2) is 93.8 Å². The fourth-order valence-corrected chi connectivity index (χ4v) is 3.22. The predicted octanol–water partition coefficient (Wildman–Crippen LogP) is 4.25. The van der Waals surface area contributed by atoms with Crippen LogP contribution < -0.4 is 0 Å². The quantitative estimate of drug-likeness (QED) is 0.371. The van der Waals surface area contributed by atoms with Crippen molar-refractivity contribution in [2.24, 2.45) is 15.0 Å². The molecule has 3 aromatic carbocycles. The first-order valence-electron chi connectivity index (χ1n) is 8.27. The first-order valence-corrected chi connectivity index (χ1v) is 8.27. The summed E-state index contributed by atoms with van der Waals surface area (Å²) in [5.74, 6) is 0. The average molecular weight is 367 g/mol. The Hall–Kier alpha value is -4.20. The lowest BCUT2D eigenvalue weighted by Crippen LogP contribution is -2.27. The van der Waals surface area contributed by atoms with Crippen molar-refractivity contribution in [3.63, 3.8) is 0 Å². The molecule has 0 unspecified atom stereocenters. The van der Waals surface area contributed by atoms with Gasteiger partial charge in [0.05, 0.1) is 0 Å². The Kier molecular flexibility index (Phi) is 5.61. The molecule has 0 bridgehead atoms.